The number of carbonyl (C=O) groups is 1. The largest absolute Gasteiger partial charge is 0.340 e. The topological polar surface area (TPSA) is 32.3 Å². The first-order valence-electron chi connectivity index (χ1n) is 8.69. The quantitative estimate of drug-likeness (QED) is 0.857. The van der Waals surface area contributed by atoms with Gasteiger partial charge in [0.05, 0.1) is 0 Å². The van der Waals surface area contributed by atoms with Crippen molar-refractivity contribution in [2.24, 2.45) is 23.7 Å². The summed E-state index contributed by atoms with van der Waals surface area (Å²) in [6.07, 6.45) is 7.77. The van der Waals surface area contributed by atoms with E-state index < -0.39 is 0 Å². The van der Waals surface area contributed by atoms with Gasteiger partial charge < -0.3 is 10.2 Å². The number of amides is 1. The number of piperidine rings is 1. The van der Waals surface area contributed by atoms with Crippen LogP contribution >= 0.6 is 0 Å². The van der Waals surface area contributed by atoms with Gasteiger partial charge >= 0.3 is 0 Å². The molecule has 0 aromatic carbocycles. The van der Waals surface area contributed by atoms with Gasteiger partial charge in [-0.1, -0.05) is 12.8 Å². The van der Waals surface area contributed by atoms with E-state index in [0.29, 0.717) is 23.8 Å². The third-order valence-corrected chi connectivity index (χ3v) is 5.76. The fourth-order valence-corrected chi connectivity index (χ4v) is 4.45. The maximum Gasteiger partial charge on any atom is 0.226 e. The van der Waals surface area contributed by atoms with E-state index in [4.69, 9.17) is 0 Å². The van der Waals surface area contributed by atoms with Crippen LogP contribution < -0.4 is 5.32 Å². The fourth-order valence-electron chi connectivity index (χ4n) is 4.45. The number of rotatable bonds is 4. The second-order valence-electron chi connectivity index (χ2n) is 7.42. The number of hydrogen-bond donors (Lipinski definition) is 1. The van der Waals surface area contributed by atoms with Gasteiger partial charge in [-0.25, -0.2) is 0 Å². The minimum Gasteiger partial charge on any atom is -0.340 e. The zero-order valence-corrected chi connectivity index (χ0v) is 13.1. The molecule has 0 bridgehead atoms. The van der Waals surface area contributed by atoms with E-state index in [9.17, 15) is 4.79 Å². The van der Waals surface area contributed by atoms with Crippen LogP contribution in [0.5, 0.6) is 0 Å². The summed E-state index contributed by atoms with van der Waals surface area (Å²) in [7, 11) is 0. The molecule has 3 aliphatic rings. The SMILES string of the molecule is CC(C)N(CC1CCNCC1)C(=O)C1C2CCCCC21. The van der Waals surface area contributed by atoms with Gasteiger partial charge in [0, 0.05) is 18.5 Å². The van der Waals surface area contributed by atoms with Crippen LogP contribution in [-0.4, -0.2) is 36.5 Å². The highest BCUT2D eigenvalue weighted by Crippen LogP contribution is 2.56. The molecule has 2 atom stereocenters. The second-order valence-corrected chi connectivity index (χ2v) is 7.42. The second kappa shape index (κ2) is 6.05. The smallest absolute Gasteiger partial charge is 0.226 e. The molecule has 0 aromatic rings. The lowest BCUT2D eigenvalue weighted by atomic mass is 9.96. The van der Waals surface area contributed by atoms with Crippen LogP contribution in [-0.2, 0) is 4.79 Å². The monoisotopic (exact) mass is 278 g/mol. The molecule has 0 aromatic heterocycles. The van der Waals surface area contributed by atoms with Crippen molar-refractivity contribution in [2.45, 2.75) is 58.4 Å². The molecule has 20 heavy (non-hydrogen) atoms. The van der Waals surface area contributed by atoms with E-state index in [2.05, 4.69) is 24.1 Å². The van der Waals surface area contributed by atoms with E-state index in [1.807, 2.05) is 0 Å². The van der Waals surface area contributed by atoms with Crippen molar-refractivity contribution in [1.82, 2.24) is 10.2 Å². The highest BCUT2D eigenvalue weighted by molar-refractivity contribution is 5.82. The summed E-state index contributed by atoms with van der Waals surface area (Å²) in [4.78, 5) is 15.1. The molecule has 2 aliphatic carbocycles. The Hall–Kier alpha value is -0.570. The number of nitrogens with one attached hydrogen (secondary N) is 1. The van der Waals surface area contributed by atoms with Crippen molar-refractivity contribution < 1.29 is 4.79 Å². The van der Waals surface area contributed by atoms with Crippen LogP contribution in [0.1, 0.15) is 52.4 Å². The average Bonchev–Trinajstić information content (AvgIpc) is 3.19. The van der Waals surface area contributed by atoms with Crippen LogP contribution in [0.25, 0.3) is 0 Å². The minimum absolute atomic E-state index is 0.361. The highest BCUT2D eigenvalue weighted by atomic mass is 16.2. The Balaban J connectivity index is 1.60. The first-order chi connectivity index (χ1) is 9.68. The van der Waals surface area contributed by atoms with Crippen molar-refractivity contribution in [3.05, 3.63) is 0 Å². The van der Waals surface area contributed by atoms with Gasteiger partial charge in [-0.2, -0.15) is 0 Å². The average molecular weight is 278 g/mol. The zero-order chi connectivity index (χ0) is 14.1. The molecule has 1 aliphatic heterocycles. The maximum absolute atomic E-state index is 12.9. The van der Waals surface area contributed by atoms with Crippen LogP contribution in [0, 0.1) is 23.7 Å². The van der Waals surface area contributed by atoms with Gasteiger partial charge in [-0.15, -0.1) is 0 Å². The van der Waals surface area contributed by atoms with Crippen molar-refractivity contribution in [2.75, 3.05) is 19.6 Å². The molecular formula is C17H30N2O. The molecule has 1 heterocycles. The summed E-state index contributed by atoms with van der Waals surface area (Å²) >= 11 is 0. The normalized spacial score (nSPS) is 33.9. The fraction of sp³-hybridized carbons (Fsp3) is 0.941. The Morgan fingerprint density at radius 1 is 1.10 bits per heavy atom. The Morgan fingerprint density at radius 2 is 1.70 bits per heavy atom. The molecule has 1 amide bonds. The van der Waals surface area contributed by atoms with E-state index in [1.165, 1.54) is 38.5 Å². The van der Waals surface area contributed by atoms with E-state index in [0.717, 1.165) is 31.5 Å². The number of carbonyl (C=O) groups excluding carboxylic acids is 1. The molecule has 0 radical (unpaired) electrons. The van der Waals surface area contributed by atoms with Gasteiger partial charge in [0.25, 0.3) is 0 Å². The molecule has 2 unspecified atom stereocenters. The van der Waals surface area contributed by atoms with Gasteiger partial charge in [0.15, 0.2) is 0 Å². The van der Waals surface area contributed by atoms with Crippen LogP contribution in [0.3, 0.4) is 0 Å². The maximum atomic E-state index is 12.9. The summed E-state index contributed by atoms with van der Waals surface area (Å²) in [5.41, 5.74) is 0. The third kappa shape index (κ3) is 2.88. The molecule has 3 heteroatoms. The standard InChI is InChI=1S/C17H30N2O/c1-12(2)19(11-13-7-9-18-10-8-13)17(20)16-14-5-3-4-6-15(14)16/h12-16,18H,3-11H2,1-2H3. The lowest BCUT2D eigenvalue weighted by Gasteiger charge is -2.33. The van der Waals surface area contributed by atoms with Crippen LogP contribution in [0.2, 0.25) is 0 Å². The summed E-state index contributed by atoms with van der Waals surface area (Å²) < 4.78 is 0. The zero-order valence-electron chi connectivity index (χ0n) is 13.1. The Kier molecular flexibility index (Phi) is 4.34. The Bertz CT molecular complexity index is 337. The number of hydrogen-bond acceptors (Lipinski definition) is 2. The van der Waals surface area contributed by atoms with Gasteiger partial charge in [0.2, 0.25) is 5.91 Å². The van der Waals surface area contributed by atoms with Crippen LogP contribution in [0.4, 0.5) is 0 Å². The van der Waals surface area contributed by atoms with Crippen molar-refractivity contribution in [3.63, 3.8) is 0 Å². The lowest BCUT2D eigenvalue weighted by molar-refractivity contribution is -0.135. The first kappa shape index (κ1) is 14.4. The molecular weight excluding hydrogens is 248 g/mol. The van der Waals surface area contributed by atoms with Crippen molar-refractivity contribution in [3.8, 4) is 0 Å². The minimum atomic E-state index is 0.361. The van der Waals surface area contributed by atoms with Crippen molar-refractivity contribution >= 4 is 5.91 Å². The first-order valence-corrected chi connectivity index (χ1v) is 8.69. The van der Waals surface area contributed by atoms with E-state index in [-0.39, 0.29) is 0 Å². The molecule has 2 saturated carbocycles. The molecule has 3 nitrogen and oxygen atoms in total. The van der Waals surface area contributed by atoms with E-state index in [1.54, 1.807) is 0 Å². The molecule has 1 saturated heterocycles. The Labute approximate surface area is 123 Å². The van der Waals surface area contributed by atoms with Crippen LogP contribution in [0.15, 0.2) is 0 Å². The predicted octanol–water partition coefficient (Wildman–Crippen LogP) is 2.66. The predicted molar refractivity (Wildman–Crippen MR) is 81.4 cm³/mol. The highest BCUT2D eigenvalue weighted by Gasteiger charge is 2.56. The Morgan fingerprint density at radius 3 is 2.25 bits per heavy atom. The summed E-state index contributed by atoms with van der Waals surface area (Å²) in [6.45, 7) is 7.61. The summed E-state index contributed by atoms with van der Waals surface area (Å²) in [5, 5.41) is 3.42. The molecule has 114 valence electrons. The molecule has 0 spiro atoms. The van der Waals surface area contributed by atoms with Gasteiger partial charge in [-0.05, 0) is 70.4 Å². The molecule has 1 N–H and O–H groups in total. The summed E-state index contributed by atoms with van der Waals surface area (Å²) in [6, 6.07) is 0.361. The lowest BCUT2D eigenvalue weighted by Crippen LogP contribution is -2.44. The number of nitrogens with zero attached hydrogens (tertiary/aromatic N) is 1. The van der Waals surface area contributed by atoms with Crippen molar-refractivity contribution in [1.29, 1.82) is 0 Å². The van der Waals surface area contributed by atoms with Gasteiger partial charge in [-0.3, -0.25) is 4.79 Å². The summed E-state index contributed by atoms with van der Waals surface area (Å²) in [5.74, 6) is 3.07. The van der Waals surface area contributed by atoms with E-state index >= 15 is 0 Å². The number of fused-ring (bicyclic) bond motifs is 1. The molecule has 3 rings (SSSR count). The third-order valence-electron chi connectivity index (χ3n) is 5.76. The molecule has 3 fully saturated rings. The van der Waals surface area contributed by atoms with Gasteiger partial charge in [0.1, 0.15) is 0 Å².